The lowest BCUT2D eigenvalue weighted by molar-refractivity contribution is -0.0409. The fourth-order valence-electron chi connectivity index (χ4n) is 2.57. The molecule has 9 heteroatoms. The third kappa shape index (κ3) is 2.87. The first kappa shape index (κ1) is 16.0. The van der Waals surface area contributed by atoms with Crippen molar-refractivity contribution in [3.8, 4) is 0 Å². The number of hydrogen-bond acceptors (Lipinski definition) is 7. The van der Waals surface area contributed by atoms with Crippen LogP contribution in [0.4, 0.5) is 10.2 Å². The number of nitrogens with zero attached hydrogens (tertiary/aromatic N) is 4. The van der Waals surface area contributed by atoms with Gasteiger partial charge in [-0.3, -0.25) is 4.57 Å². The molecule has 8 nitrogen and oxygen atoms in total. The summed E-state index contributed by atoms with van der Waals surface area (Å²) in [6.07, 6.45) is -1.76. The topological polar surface area (TPSA) is 105 Å². The molecule has 1 fully saturated rings. The second-order valence-corrected chi connectivity index (χ2v) is 6.62. The minimum absolute atomic E-state index is 0.218. The molecule has 0 spiro atoms. The number of aromatic nitrogens is 4. The Labute approximate surface area is 132 Å². The zero-order chi connectivity index (χ0) is 16.8. The molecule has 0 aromatic carbocycles. The smallest absolute Gasteiger partial charge is 0.167 e. The molecule has 126 valence electrons. The predicted molar refractivity (Wildman–Crippen MR) is 80.6 cm³/mol. The number of imidazole rings is 1. The third-order valence-electron chi connectivity index (χ3n) is 3.62. The molecule has 23 heavy (non-hydrogen) atoms. The molecule has 0 saturated carbocycles. The molecule has 3 N–H and O–H groups in total. The second-order valence-electron chi connectivity index (χ2n) is 6.62. The Morgan fingerprint density at radius 1 is 1.26 bits per heavy atom. The SMILES string of the molecule is CC(C)(C)Nc1ncnc2c1ncn2[C@@H]1O[C@H](CF)[C@@H](O)[C@H]1O. The van der Waals surface area contributed by atoms with E-state index in [-0.39, 0.29) is 5.54 Å². The molecule has 0 bridgehead atoms. The maximum atomic E-state index is 12.8. The van der Waals surface area contributed by atoms with Crippen LogP contribution in [0.5, 0.6) is 0 Å². The largest absolute Gasteiger partial charge is 0.387 e. The summed E-state index contributed by atoms with van der Waals surface area (Å²) in [6.45, 7) is 5.09. The number of alkyl halides is 1. The van der Waals surface area contributed by atoms with Crippen LogP contribution < -0.4 is 5.32 Å². The van der Waals surface area contributed by atoms with Gasteiger partial charge in [-0.05, 0) is 20.8 Å². The molecule has 0 amide bonds. The van der Waals surface area contributed by atoms with Crippen LogP contribution in [-0.2, 0) is 4.74 Å². The predicted octanol–water partition coefficient (Wildman–Crippen LogP) is 0.625. The van der Waals surface area contributed by atoms with Gasteiger partial charge in [0.2, 0.25) is 0 Å². The molecule has 4 atom stereocenters. The Morgan fingerprint density at radius 3 is 2.61 bits per heavy atom. The van der Waals surface area contributed by atoms with Crippen LogP contribution in [0.25, 0.3) is 11.2 Å². The minimum atomic E-state index is -1.29. The highest BCUT2D eigenvalue weighted by Crippen LogP contribution is 2.32. The Morgan fingerprint density at radius 2 is 2.00 bits per heavy atom. The van der Waals surface area contributed by atoms with Crippen molar-refractivity contribution in [2.45, 2.75) is 50.8 Å². The highest BCUT2D eigenvalue weighted by molar-refractivity contribution is 5.83. The highest BCUT2D eigenvalue weighted by Gasteiger charge is 2.44. The maximum absolute atomic E-state index is 12.8. The number of fused-ring (bicyclic) bond motifs is 1. The second kappa shape index (κ2) is 5.66. The first-order valence-corrected chi connectivity index (χ1v) is 7.35. The van der Waals surface area contributed by atoms with E-state index < -0.39 is 31.2 Å². The highest BCUT2D eigenvalue weighted by atomic mass is 19.1. The Bertz CT molecular complexity index is 701. The number of anilines is 1. The number of nitrogens with one attached hydrogen (secondary N) is 1. The molecule has 1 aliphatic heterocycles. The quantitative estimate of drug-likeness (QED) is 0.760. The van der Waals surface area contributed by atoms with Crippen molar-refractivity contribution in [2.75, 3.05) is 12.0 Å². The first-order valence-electron chi connectivity index (χ1n) is 7.35. The van der Waals surface area contributed by atoms with Gasteiger partial charge in [0, 0.05) is 5.54 Å². The third-order valence-corrected chi connectivity index (χ3v) is 3.62. The van der Waals surface area contributed by atoms with Crippen molar-refractivity contribution in [2.24, 2.45) is 0 Å². The average Bonchev–Trinajstić information content (AvgIpc) is 3.01. The molecule has 0 aliphatic carbocycles. The van der Waals surface area contributed by atoms with Crippen molar-refractivity contribution in [3.63, 3.8) is 0 Å². The Balaban J connectivity index is 1.99. The summed E-state index contributed by atoms with van der Waals surface area (Å²) >= 11 is 0. The van der Waals surface area contributed by atoms with E-state index in [4.69, 9.17) is 4.74 Å². The molecule has 2 aromatic heterocycles. The van der Waals surface area contributed by atoms with Crippen molar-refractivity contribution in [3.05, 3.63) is 12.7 Å². The van der Waals surface area contributed by atoms with Crippen LogP contribution in [0, 0.1) is 0 Å². The summed E-state index contributed by atoms with van der Waals surface area (Å²) in [6, 6.07) is 0. The van der Waals surface area contributed by atoms with Gasteiger partial charge in [0.25, 0.3) is 0 Å². The van der Waals surface area contributed by atoms with Gasteiger partial charge >= 0.3 is 0 Å². The molecular weight excluding hydrogens is 305 g/mol. The van der Waals surface area contributed by atoms with Crippen molar-refractivity contribution < 1.29 is 19.3 Å². The van der Waals surface area contributed by atoms with Crippen molar-refractivity contribution in [1.29, 1.82) is 0 Å². The van der Waals surface area contributed by atoms with Crippen LogP contribution in [0.15, 0.2) is 12.7 Å². The molecular formula is C14H20FN5O3. The lowest BCUT2D eigenvalue weighted by Gasteiger charge is -2.21. The van der Waals surface area contributed by atoms with E-state index in [0.29, 0.717) is 17.0 Å². The van der Waals surface area contributed by atoms with Gasteiger partial charge in [-0.15, -0.1) is 0 Å². The molecule has 2 aromatic rings. The van der Waals surface area contributed by atoms with Gasteiger partial charge in [0.15, 0.2) is 23.2 Å². The van der Waals surface area contributed by atoms with E-state index >= 15 is 0 Å². The fraction of sp³-hybridized carbons (Fsp3) is 0.643. The molecule has 1 saturated heterocycles. The molecule has 0 radical (unpaired) electrons. The summed E-state index contributed by atoms with van der Waals surface area (Å²) in [7, 11) is 0. The zero-order valence-corrected chi connectivity index (χ0v) is 13.1. The van der Waals surface area contributed by atoms with Crippen molar-refractivity contribution in [1.82, 2.24) is 19.5 Å². The van der Waals surface area contributed by atoms with Crippen LogP contribution in [0.1, 0.15) is 27.0 Å². The van der Waals surface area contributed by atoms with Crippen LogP contribution in [0.3, 0.4) is 0 Å². The Hall–Kier alpha value is -1.84. The fourth-order valence-corrected chi connectivity index (χ4v) is 2.57. The summed E-state index contributed by atoms with van der Waals surface area (Å²) in [5.41, 5.74) is 0.725. The first-order chi connectivity index (χ1) is 10.8. The van der Waals surface area contributed by atoms with Crippen molar-refractivity contribution >= 4 is 17.0 Å². The number of halogens is 1. The summed E-state index contributed by atoms with van der Waals surface area (Å²) in [4.78, 5) is 12.6. The molecule has 3 heterocycles. The molecule has 3 rings (SSSR count). The monoisotopic (exact) mass is 325 g/mol. The van der Waals surface area contributed by atoms with Gasteiger partial charge in [0.1, 0.15) is 31.3 Å². The van der Waals surface area contributed by atoms with E-state index in [1.165, 1.54) is 17.2 Å². The minimum Gasteiger partial charge on any atom is -0.387 e. The summed E-state index contributed by atoms with van der Waals surface area (Å²) in [5.74, 6) is 0.552. The van der Waals surface area contributed by atoms with Gasteiger partial charge in [-0.2, -0.15) is 0 Å². The van der Waals surface area contributed by atoms with E-state index in [0.717, 1.165) is 0 Å². The maximum Gasteiger partial charge on any atom is 0.167 e. The van der Waals surface area contributed by atoms with E-state index in [1.54, 1.807) is 0 Å². The number of aliphatic hydroxyl groups is 2. The lowest BCUT2D eigenvalue weighted by Crippen LogP contribution is -2.32. The van der Waals surface area contributed by atoms with Gasteiger partial charge in [0.05, 0.1) is 6.33 Å². The van der Waals surface area contributed by atoms with Crippen LogP contribution in [-0.4, -0.2) is 60.3 Å². The van der Waals surface area contributed by atoms with Crippen LogP contribution in [0.2, 0.25) is 0 Å². The molecule has 0 unspecified atom stereocenters. The number of hydrogen-bond donors (Lipinski definition) is 3. The van der Waals surface area contributed by atoms with Gasteiger partial charge in [-0.25, -0.2) is 19.3 Å². The van der Waals surface area contributed by atoms with E-state index in [1.807, 2.05) is 20.8 Å². The summed E-state index contributed by atoms with van der Waals surface area (Å²) < 4.78 is 19.7. The number of rotatable bonds is 3. The number of ether oxygens (including phenoxy) is 1. The van der Waals surface area contributed by atoms with Gasteiger partial charge in [-0.1, -0.05) is 0 Å². The zero-order valence-electron chi connectivity index (χ0n) is 13.1. The average molecular weight is 325 g/mol. The number of aliphatic hydroxyl groups excluding tert-OH is 2. The summed E-state index contributed by atoms with van der Waals surface area (Å²) in [5, 5.41) is 23.1. The van der Waals surface area contributed by atoms with E-state index in [9.17, 15) is 14.6 Å². The molecule has 1 aliphatic rings. The Kier molecular flexibility index (Phi) is 3.95. The normalized spacial score (nSPS) is 28.4. The standard InChI is InChI=1S/C14H20FN5O3/c1-14(2,3)19-11-8-12(17-5-16-11)20(6-18-8)13-10(22)9(21)7(4-15)23-13/h5-7,9-10,13,21-22H,4H2,1-3H3,(H,16,17,19)/t7-,9-,10-,13-/m1/s1. The van der Waals surface area contributed by atoms with E-state index in [2.05, 4.69) is 20.3 Å². The van der Waals surface area contributed by atoms with Crippen LogP contribution >= 0.6 is 0 Å². The lowest BCUT2D eigenvalue weighted by atomic mass is 10.1. The van der Waals surface area contributed by atoms with Gasteiger partial charge < -0.3 is 20.3 Å².